The van der Waals surface area contributed by atoms with Crippen LogP contribution in [0.5, 0.6) is 0 Å². The van der Waals surface area contributed by atoms with Crippen molar-refractivity contribution < 1.29 is 0 Å². The molecule has 1 aromatic rings. The van der Waals surface area contributed by atoms with Gasteiger partial charge in [-0.15, -0.1) is 0 Å². The van der Waals surface area contributed by atoms with Crippen molar-refractivity contribution in [3.63, 3.8) is 0 Å². The summed E-state index contributed by atoms with van der Waals surface area (Å²) in [6.07, 6.45) is 5.02. The molecular formula is C13H26N4. The van der Waals surface area contributed by atoms with Crippen LogP contribution in [0.3, 0.4) is 0 Å². The fourth-order valence-corrected chi connectivity index (χ4v) is 1.73. The first-order valence-electron chi connectivity index (χ1n) is 6.40. The fourth-order valence-electron chi connectivity index (χ4n) is 1.73. The van der Waals surface area contributed by atoms with E-state index in [4.69, 9.17) is 0 Å². The van der Waals surface area contributed by atoms with Crippen molar-refractivity contribution in [2.45, 2.75) is 45.8 Å². The van der Waals surface area contributed by atoms with E-state index in [1.54, 1.807) is 0 Å². The molecule has 0 radical (unpaired) electrons. The van der Waals surface area contributed by atoms with Gasteiger partial charge in [0, 0.05) is 31.5 Å². The molecular weight excluding hydrogens is 212 g/mol. The van der Waals surface area contributed by atoms with Crippen LogP contribution in [0, 0.1) is 0 Å². The maximum atomic E-state index is 4.35. The molecule has 4 heteroatoms. The molecule has 1 atom stereocenters. The standard InChI is InChI=1S/C13H26N4/c1-11(2)14-7-6-12(3)17(5)10-13-15-8-9-16(13)4/h8-9,11-12,14H,6-7,10H2,1-5H3. The number of aryl methyl sites for hydroxylation is 1. The predicted octanol–water partition coefficient (Wildman–Crippen LogP) is 1.63. The highest BCUT2D eigenvalue weighted by Crippen LogP contribution is 2.06. The summed E-state index contributed by atoms with van der Waals surface area (Å²) in [5.74, 6) is 1.12. The molecule has 0 fully saturated rings. The largest absolute Gasteiger partial charge is 0.337 e. The van der Waals surface area contributed by atoms with Crippen molar-refractivity contribution in [2.75, 3.05) is 13.6 Å². The van der Waals surface area contributed by atoms with Crippen molar-refractivity contribution in [3.8, 4) is 0 Å². The Balaban J connectivity index is 2.32. The smallest absolute Gasteiger partial charge is 0.122 e. The van der Waals surface area contributed by atoms with Gasteiger partial charge in [0.2, 0.25) is 0 Å². The van der Waals surface area contributed by atoms with Gasteiger partial charge in [-0.05, 0) is 26.9 Å². The van der Waals surface area contributed by atoms with Gasteiger partial charge >= 0.3 is 0 Å². The number of rotatable bonds is 7. The Bertz CT molecular complexity index is 319. The topological polar surface area (TPSA) is 33.1 Å². The van der Waals surface area contributed by atoms with Crippen LogP contribution >= 0.6 is 0 Å². The van der Waals surface area contributed by atoms with Gasteiger partial charge in [0.15, 0.2) is 0 Å². The molecule has 1 aromatic heterocycles. The van der Waals surface area contributed by atoms with Crippen LogP contribution in [0.15, 0.2) is 12.4 Å². The van der Waals surface area contributed by atoms with Crippen LogP contribution in [-0.2, 0) is 13.6 Å². The van der Waals surface area contributed by atoms with Gasteiger partial charge in [-0.3, -0.25) is 4.90 Å². The first kappa shape index (κ1) is 14.2. The molecule has 1 N–H and O–H groups in total. The predicted molar refractivity (Wildman–Crippen MR) is 71.9 cm³/mol. The normalized spacial score (nSPS) is 13.6. The van der Waals surface area contributed by atoms with Gasteiger partial charge in [0.25, 0.3) is 0 Å². The molecule has 98 valence electrons. The Morgan fingerprint density at radius 3 is 2.65 bits per heavy atom. The highest BCUT2D eigenvalue weighted by Gasteiger charge is 2.11. The number of nitrogens with zero attached hydrogens (tertiary/aromatic N) is 3. The third kappa shape index (κ3) is 4.88. The maximum absolute atomic E-state index is 4.35. The molecule has 0 saturated heterocycles. The van der Waals surface area contributed by atoms with Crippen molar-refractivity contribution in [1.29, 1.82) is 0 Å². The molecule has 0 saturated carbocycles. The molecule has 1 heterocycles. The zero-order valence-corrected chi connectivity index (χ0v) is 11.8. The molecule has 0 aromatic carbocycles. The minimum absolute atomic E-state index is 0.568. The van der Waals surface area contributed by atoms with Crippen LogP contribution in [-0.4, -0.2) is 40.1 Å². The third-order valence-electron chi connectivity index (χ3n) is 3.18. The first-order valence-corrected chi connectivity index (χ1v) is 6.40. The fraction of sp³-hybridized carbons (Fsp3) is 0.769. The lowest BCUT2D eigenvalue weighted by Gasteiger charge is -2.24. The van der Waals surface area contributed by atoms with Crippen LogP contribution in [0.1, 0.15) is 33.0 Å². The summed E-state index contributed by atoms with van der Waals surface area (Å²) in [5.41, 5.74) is 0. The lowest BCUT2D eigenvalue weighted by molar-refractivity contribution is 0.228. The highest BCUT2D eigenvalue weighted by atomic mass is 15.2. The van der Waals surface area contributed by atoms with Gasteiger partial charge in [-0.1, -0.05) is 13.8 Å². The first-order chi connectivity index (χ1) is 8.00. The third-order valence-corrected chi connectivity index (χ3v) is 3.18. The molecule has 0 aliphatic heterocycles. The Morgan fingerprint density at radius 2 is 2.12 bits per heavy atom. The van der Waals surface area contributed by atoms with Crippen molar-refractivity contribution in [3.05, 3.63) is 18.2 Å². The average molecular weight is 238 g/mol. The Hall–Kier alpha value is -0.870. The van der Waals surface area contributed by atoms with E-state index in [1.807, 2.05) is 19.4 Å². The Kier molecular flexibility index (Phi) is 5.65. The van der Waals surface area contributed by atoms with Crippen LogP contribution < -0.4 is 5.32 Å². The van der Waals surface area contributed by atoms with Gasteiger partial charge in [-0.2, -0.15) is 0 Å². The second kappa shape index (κ2) is 6.77. The second-order valence-electron chi connectivity index (χ2n) is 5.12. The van der Waals surface area contributed by atoms with E-state index in [0.29, 0.717) is 12.1 Å². The maximum Gasteiger partial charge on any atom is 0.122 e. The summed E-state index contributed by atoms with van der Waals surface area (Å²) in [4.78, 5) is 6.70. The molecule has 4 nitrogen and oxygen atoms in total. The summed E-state index contributed by atoms with van der Waals surface area (Å²) in [5, 5.41) is 3.45. The molecule has 0 aliphatic rings. The lowest BCUT2D eigenvalue weighted by atomic mass is 10.2. The van der Waals surface area contributed by atoms with E-state index in [1.165, 1.54) is 6.42 Å². The SMILES string of the molecule is CC(C)NCCC(C)N(C)Cc1nccn1C. The molecule has 1 unspecified atom stereocenters. The monoisotopic (exact) mass is 238 g/mol. The van der Waals surface area contributed by atoms with E-state index in [9.17, 15) is 0 Å². The lowest BCUT2D eigenvalue weighted by Crippen LogP contribution is -2.34. The van der Waals surface area contributed by atoms with E-state index < -0.39 is 0 Å². The molecule has 0 aliphatic carbocycles. The quantitative estimate of drug-likeness (QED) is 0.784. The van der Waals surface area contributed by atoms with E-state index in [2.05, 4.69) is 47.6 Å². The average Bonchev–Trinajstić information content (AvgIpc) is 2.63. The van der Waals surface area contributed by atoms with Gasteiger partial charge in [-0.25, -0.2) is 4.98 Å². The summed E-state index contributed by atoms with van der Waals surface area (Å²) < 4.78 is 2.08. The summed E-state index contributed by atoms with van der Waals surface area (Å²) in [6, 6.07) is 1.14. The second-order valence-corrected chi connectivity index (χ2v) is 5.12. The zero-order valence-electron chi connectivity index (χ0n) is 11.8. The van der Waals surface area contributed by atoms with Crippen LogP contribution in [0.4, 0.5) is 0 Å². The molecule has 0 bridgehead atoms. The zero-order chi connectivity index (χ0) is 12.8. The Labute approximate surface area is 105 Å². The Morgan fingerprint density at radius 1 is 1.41 bits per heavy atom. The number of aromatic nitrogens is 2. The summed E-state index contributed by atoms with van der Waals surface area (Å²) in [7, 11) is 4.20. The number of hydrogen-bond acceptors (Lipinski definition) is 3. The highest BCUT2D eigenvalue weighted by molar-refractivity contribution is 4.91. The van der Waals surface area contributed by atoms with Crippen LogP contribution in [0.2, 0.25) is 0 Å². The molecule has 0 spiro atoms. The molecule has 17 heavy (non-hydrogen) atoms. The van der Waals surface area contributed by atoms with Crippen molar-refractivity contribution in [1.82, 2.24) is 19.8 Å². The van der Waals surface area contributed by atoms with E-state index >= 15 is 0 Å². The van der Waals surface area contributed by atoms with Crippen molar-refractivity contribution >= 4 is 0 Å². The summed E-state index contributed by atoms with van der Waals surface area (Å²) >= 11 is 0. The summed E-state index contributed by atoms with van der Waals surface area (Å²) in [6.45, 7) is 8.62. The van der Waals surface area contributed by atoms with Crippen molar-refractivity contribution in [2.24, 2.45) is 7.05 Å². The van der Waals surface area contributed by atoms with Gasteiger partial charge in [0.1, 0.15) is 5.82 Å². The van der Waals surface area contributed by atoms with E-state index in [0.717, 1.165) is 18.9 Å². The van der Waals surface area contributed by atoms with Crippen LogP contribution in [0.25, 0.3) is 0 Å². The minimum Gasteiger partial charge on any atom is -0.337 e. The van der Waals surface area contributed by atoms with Gasteiger partial charge < -0.3 is 9.88 Å². The number of nitrogens with one attached hydrogen (secondary N) is 1. The number of imidazole rings is 1. The molecule has 1 rings (SSSR count). The van der Waals surface area contributed by atoms with E-state index in [-0.39, 0.29) is 0 Å². The molecule has 0 amide bonds. The number of hydrogen-bond donors (Lipinski definition) is 1. The minimum atomic E-state index is 0.568. The van der Waals surface area contributed by atoms with Gasteiger partial charge in [0.05, 0.1) is 6.54 Å².